The summed E-state index contributed by atoms with van der Waals surface area (Å²) in [6.07, 6.45) is 0. The number of Topliss-reactive ketones (excluding diaryl/α,β-unsaturated/α-hetero) is 1. The van der Waals surface area contributed by atoms with Crippen LogP contribution < -0.4 is 5.32 Å². The van der Waals surface area contributed by atoms with Crippen molar-refractivity contribution < 1.29 is 4.79 Å². The highest BCUT2D eigenvalue weighted by Gasteiger charge is 2.17. The lowest BCUT2D eigenvalue weighted by molar-refractivity contribution is 0.101. The van der Waals surface area contributed by atoms with Crippen molar-refractivity contribution in [2.24, 2.45) is 0 Å². The first-order valence-corrected chi connectivity index (χ1v) is 7.72. The first kappa shape index (κ1) is 16.5. The fourth-order valence-electron chi connectivity index (χ4n) is 2.71. The molecule has 2 rings (SSSR count). The quantitative estimate of drug-likeness (QED) is 0.840. The van der Waals surface area contributed by atoms with E-state index >= 15 is 0 Å². The number of rotatable bonds is 5. The van der Waals surface area contributed by atoms with E-state index in [0.29, 0.717) is 11.1 Å². The normalized spacial score (nSPS) is 17.7. The van der Waals surface area contributed by atoms with E-state index < -0.39 is 0 Å². The van der Waals surface area contributed by atoms with Crippen LogP contribution in [0, 0.1) is 11.3 Å². The molecule has 1 aromatic carbocycles. The van der Waals surface area contributed by atoms with Crippen LogP contribution >= 0.6 is 0 Å². The maximum atomic E-state index is 11.5. The standard InChI is InChI=1S/C17H24N4O/c1-13(12-21-8-6-20(3)7-9-21)19-17-10-15(14(2)22)4-5-16(17)11-18/h4-5,10,13,19H,6-9,12H2,1-3H3. The zero-order chi connectivity index (χ0) is 16.1. The minimum absolute atomic E-state index is 0.0132. The topological polar surface area (TPSA) is 59.4 Å². The van der Waals surface area contributed by atoms with E-state index in [1.165, 1.54) is 0 Å². The SMILES string of the molecule is CC(=O)c1ccc(C#N)c(NC(C)CN2CCN(C)CC2)c1. The van der Waals surface area contributed by atoms with Gasteiger partial charge in [-0.15, -0.1) is 0 Å². The lowest BCUT2D eigenvalue weighted by Gasteiger charge is -2.34. The zero-order valence-corrected chi connectivity index (χ0v) is 13.6. The zero-order valence-electron chi connectivity index (χ0n) is 13.6. The largest absolute Gasteiger partial charge is 0.380 e. The van der Waals surface area contributed by atoms with Crippen LogP contribution in [-0.2, 0) is 0 Å². The molecule has 0 saturated carbocycles. The van der Waals surface area contributed by atoms with Crippen LogP contribution in [0.1, 0.15) is 29.8 Å². The number of nitrogens with zero attached hydrogens (tertiary/aromatic N) is 3. The van der Waals surface area contributed by atoms with Gasteiger partial charge in [0.2, 0.25) is 0 Å². The van der Waals surface area contributed by atoms with Gasteiger partial charge in [-0.1, -0.05) is 0 Å². The summed E-state index contributed by atoms with van der Waals surface area (Å²) < 4.78 is 0. The van der Waals surface area contributed by atoms with Gasteiger partial charge in [0.05, 0.1) is 11.3 Å². The summed E-state index contributed by atoms with van der Waals surface area (Å²) in [7, 11) is 2.14. The van der Waals surface area contributed by atoms with Crippen LogP contribution in [0.5, 0.6) is 0 Å². The Morgan fingerprint density at radius 3 is 2.64 bits per heavy atom. The van der Waals surface area contributed by atoms with Crippen molar-refractivity contribution in [3.8, 4) is 6.07 Å². The molecule has 0 spiro atoms. The molecule has 5 heteroatoms. The molecule has 0 aliphatic carbocycles. The van der Waals surface area contributed by atoms with E-state index in [1.54, 1.807) is 25.1 Å². The van der Waals surface area contributed by atoms with Crippen LogP contribution in [0.15, 0.2) is 18.2 Å². The first-order valence-electron chi connectivity index (χ1n) is 7.72. The summed E-state index contributed by atoms with van der Waals surface area (Å²) in [5, 5.41) is 12.6. The van der Waals surface area contributed by atoms with Crippen molar-refractivity contribution in [3.05, 3.63) is 29.3 Å². The lowest BCUT2D eigenvalue weighted by atomic mass is 10.1. The molecule has 1 aliphatic heterocycles. The monoisotopic (exact) mass is 300 g/mol. The van der Waals surface area contributed by atoms with E-state index in [4.69, 9.17) is 0 Å². The molecule has 1 fully saturated rings. The van der Waals surface area contributed by atoms with Crippen LogP contribution in [0.3, 0.4) is 0 Å². The van der Waals surface area contributed by atoms with Gasteiger partial charge in [0.15, 0.2) is 5.78 Å². The van der Waals surface area contributed by atoms with Crippen LogP contribution in [0.2, 0.25) is 0 Å². The molecule has 0 bridgehead atoms. The minimum Gasteiger partial charge on any atom is -0.380 e. The maximum absolute atomic E-state index is 11.5. The summed E-state index contributed by atoms with van der Waals surface area (Å²) in [5.41, 5.74) is 1.96. The van der Waals surface area contributed by atoms with E-state index in [0.717, 1.165) is 38.4 Å². The Balaban J connectivity index is 2.01. The van der Waals surface area contributed by atoms with E-state index in [-0.39, 0.29) is 11.8 Å². The number of nitriles is 1. The number of ketones is 1. The average Bonchev–Trinajstić information content (AvgIpc) is 2.49. The summed E-state index contributed by atoms with van der Waals surface area (Å²) in [4.78, 5) is 16.3. The Morgan fingerprint density at radius 2 is 2.05 bits per heavy atom. The van der Waals surface area contributed by atoms with E-state index in [9.17, 15) is 10.1 Å². The second-order valence-corrected chi connectivity index (χ2v) is 6.08. The van der Waals surface area contributed by atoms with Gasteiger partial charge in [-0.05, 0) is 39.1 Å². The molecular weight excluding hydrogens is 276 g/mol. The Kier molecular flexibility index (Phi) is 5.53. The fourth-order valence-corrected chi connectivity index (χ4v) is 2.71. The van der Waals surface area contributed by atoms with Gasteiger partial charge in [0.25, 0.3) is 0 Å². The molecule has 1 atom stereocenters. The summed E-state index contributed by atoms with van der Waals surface area (Å²) in [5.74, 6) is 0.0132. The third kappa shape index (κ3) is 4.30. The number of carbonyl (C=O) groups excluding carboxylic acids is 1. The highest BCUT2D eigenvalue weighted by atomic mass is 16.1. The van der Waals surface area contributed by atoms with Gasteiger partial charge in [-0.3, -0.25) is 9.69 Å². The van der Waals surface area contributed by atoms with Gasteiger partial charge in [0, 0.05) is 44.3 Å². The number of benzene rings is 1. The van der Waals surface area contributed by atoms with E-state index in [2.05, 4.69) is 35.2 Å². The molecule has 1 N–H and O–H groups in total. The molecule has 1 unspecified atom stereocenters. The van der Waals surface area contributed by atoms with Gasteiger partial charge >= 0.3 is 0 Å². The van der Waals surface area contributed by atoms with Gasteiger partial charge < -0.3 is 10.2 Å². The predicted octanol–water partition coefficient (Wildman–Crippen LogP) is 1.81. The number of carbonyl (C=O) groups is 1. The molecule has 1 aliphatic rings. The van der Waals surface area contributed by atoms with Crippen molar-refractivity contribution in [1.82, 2.24) is 9.80 Å². The number of anilines is 1. The number of hydrogen-bond acceptors (Lipinski definition) is 5. The van der Waals surface area contributed by atoms with Crippen LogP contribution in [-0.4, -0.2) is 61.4 Å². The summed E-state index contributed by atoms with van der Waals surface area (Å²) in [6.45, 7) is 8.91. The predicted molar refractivity (Wildman–Crippen MR) is 88.2 cm³/mol. The molecule has 0 radical (unpaired) electrons. The molecule has 5 nitrogen and oxygen atoms in total. The molecule has 0 amide bonds. The Labute approximate surface area is 132 Å². The minimum atomic E-state index is 0.0132. The van der Waals surface area contributed by atoms with Gasteiger partial charge in [-0.25, -0.2) is 0 Å². The summed E-state index contributed by atoms with van der Waals surface area (Å²) in [6, 6.07) is 7.60. The first-order chi connectivity index (χ1) is 10.5. The second kappa shape index (κ2) is 7.39. The molecule has 22 heavy (non-hydrogen) atoms. The van der Waals surface area contributed by atoms with Gasteiger partial charge in [0.1, 0.15) is 6.07 Å². The van der Waals surface area contributed by atoms with E-state index in [1.807, 2.05) is 0 Å². The third-order valence-corrected chi connectivity index (χ3v) is 4.08. The van der Waals surface area contributed by atoms with Gasteiger partial charge in [-0.2, -0.15) is 5.26 Å². The van der Waals surface area contributed by atoms with Crippen LogP contribution in [0.4, 0.5) is 5.69 Å². The highest BCUT2D eigenvalue weighted by Crippen LogP contribution is 2.19. The average molecular weight is 300 g/mol. The Morgan fingerprint density at radius 1 is 1.36 bits per heavy atom. The number of hydrogen-bond donors (Lipinski definition) is 1. The Bertz CT molecular complexity index is 571. The molecule has 1 saturated heterocycles. The number of nitrogens with one attached hydrogen (secondary N) is 1. The van der Waals surface area contributed by atoms with Crippen LogP contribution in [0.25, 0.3) is 0 Å². The third-order valence-electron chi connectivity index (χ3n) is 4.08. The van der Waals surface area contributed by atoms with Crippen molar-refractivity contribution in [3.63, 3.8) is 0 Å². The molecule has 1 heterocycles. The van der Waals surface area contributed by atoms with Crippen molar-refractivity contribution >= 4 is 11.5 Å². The number of likely N-dealkylation sites (N-methyl/N-ethyl adjacent to an activating group) is 1. The highest BCUT2D eigenvalue weighted by molar-refractivity contribution is 5.95. The fraction of sp³-hybridized carbons (Fsp3) is 0.529. The lowest BCUT2D eigenvalue weighted by Crippen LogP contribution is -2.47. The van der Waals surface area contributed by atoms with Crippen molar-refractivity contribution in [1.29, 1.82) is 5.26 Å². The smallest absolute Gasteiger partial charge is 0.159 e. The van der Waals surface area contributed by atoms with Crippen molar-refractivity contribution in [2.45, 2.75) is 19.9 Å². The number of piperazine rings is 1. The second-order valence-electron chi connectivity index (χ2n) is 6.08. The molecule has 1 aromatic rings. The Hall–Kier alpha value is -1.90. The molecular formula is C17H24N4O. The summed E-state index contributed by atoms with van der Waals surface area (Å²) >= 11 is 0. The molecule has 118 valence electrons. The van der Waals surface area contributed by atoms with Crippen molar-refractivity contribution in [2.75, 3.05) is 45.1 Å². The molecule has 0 aromatic heterocycles. The maximum Gasteiger partial charge on any atom is 0.159 e.